The number of hydrogen-bond donors (Lipinski definition) is 1. The first-order chi connectivity index (χ1) is 7.13. The molecule has 0 aromatic heterocycles. The lowest BCUT2D eigenvalue weighted by atomic mass is 10.0. The lowest BCUT2D eigenvalue weighted by Crippen LogP contribution is -2.25. The Kier molecular flexibility index (Phi) is 5.26. The highest BCUT2D eigenvalue weighted by atomic mass is 16.3. The van der Waals surface area contributed by atoms with Crippen LogP contribution >= 0.6 is 0 Å². The van der Waals surface area contributed by atoms with Crippen molar-refractivity contribution in [1.29, 1.82) is 0 Å². The second-order valence-corrected chi connectivity index (χ2v) is 4.59. The van der Waals surface area contributed by atoms with Gasteiger partial charge in [0.15, 0.2) is 0 Å². The largest absolute Gasteiger partial charge is 0.393 e. The standard InChI is InChI=1S/C12H23NO2/c1-3-12(15)5-4-7-13-8-6-11(9-13)10(2)14/h10-11,14H,3-9H2,1-2H3. The average molecular weight is 213 g/mol. The van der Waals surface area contributed by atoms with Crippen LogP contribution in [0, 0.1) is 5.92 Å². The molecule has 1 saturated heterocycles. The number of nitrogens with zero attached hydrogens (tertiary/aromatic N) is 1. The van der Waals surface area contributed by atoms with Crippen LogP contribution in [0.15, 0.2) is 0 Å². The van der Waals surface area contributed by atoms with Gasteiger partial charge in [-0.25, -0.2) is 0 Å². The van der Waals surface area contributed by atoms with Gasteiger partial charge in [-0.1, -0.05) is 6.92 Å². The molecule has 3 nitrogen and oxygen atoms in total. The van der Waals surface area contributed by atoms with E-state index in [4.69, 9.17) is 0 Å². The van der Waals surface area contributed by atoms with Gasteiger partial charge in [-0.2, -0.15) is 0 Å². The number of aliphatic hydroxyl groups excluding tert-OH is 1. The van der Waals surface area contributed by atoms with Gasteiger partial charge in [0.25, 0.3) is 0 Å². The van der Waals surface area contributed by atoms with Crippen LogP contribution < -0.4 is 0 Å². The minimum Gasteiger partial charge on any atom is -0.393 e. The molecule has 1 heterocycles. The number of carbonyl (C=O) groups excluding carboxylic acids is 1. The van der Waals surface area contributed by atoms with Crippen LogP contribution in [0.1, 0.15) is 39.5 Å². The highest BCUT2D eigenvalue weighted by Crippen LogP contribution is 2.19. The van der Waals surface area contributed by atoms with Gasteiger partial charge in [0.2, 0.25) is 0 Å². The summed E-state index contributed by atoms with van der Waals surface area (Å²) < 4.78 is 0. The van der Waals surface area contributed by atoms with E-state index in [0.717, 1.165) is 32.5 Å². The van der Waals surface area contributed by atoms with Crippen LogP contribution in [-0.2, 0) is 4.79 Å². The van der Waals surface area contributed by atoms with E-state index in [1.54, 1.807) is 0 Å². The predicted molar refractivity (Wildman–Crippen MR) is 60.8 cm³/mol. The van der Waals surface area contributed by atoms with E-state index < -0.39 is 0 Å². The molecule has 0 aliphatic carbocycles. The van der Waals surface area contributed by atoms with E-state index in [2.05, 4.69) is 4.90 Å². The normalized spacial score (nSPS) is 24.3. The van der Waals surface area contributed by atoms with Crippen LogP contribution in [0.4, 0.5) is 0 Å². The molecule has 3 heteroatoms. The van der Waals surface area contributed by atoms with Crippen molar-refractivity contribution >= 4 is 5.78 Å². The lowest BCUT2D eigenvalue weighted by Gasteiger charge is -2.16. The van der Waals surface area contributed by atoms with E-state index in [-0.39, 0.29) is 6.10 Å². The number of ketones is 1. The fourth-order valence-corrected chi connectivity index (χ4v) is 2.14. The van der Waals surface area contributed by atoms with E-state index >= 15 is 0 Å². The van der Waals surface area contributed by atoms with Crippen molar-refractivity contribution in [1.82, 2.24) is 4.90 Å². The van der Waals surface area contributed by atoms with E-state index in [1.807, 2.05) is 13.8 Å². The van der Waals surface area contributed by atoms with E-state index in [0.29, 0.717) is 24.5 Å². The van der Waals surface area contributed by atoms with Gasteiger partial charge in [-0.15, -0.1) is 0 Å². The van der Waals surface area contributed by atoms with Crippen LogP contribution in [0.25, 0.3) is 0 Å². The van der Waals surface area contributed by atoms with Crippen molar-refractivity contribution in [2.24, 2.45) is 5.92 Å². The SMILES string of the molecule is CCC(=O)CCCN1CCC(C(C)O)C1. The van der Waals surface area contributed by atoms with Crippen molar-refractivity contribution in [3.8, 4) is 0 Å². The zero-order valence-corrected chi connectivity index (χ0v) is 9.91. The minimum absolute atomic E-state index is 0.188. The molecule has 1 aliphatic heterocycles. The Labute approximate surface area is 92.5 Å². The summed E-state index contributed by atoms with van der Waals surface area (Å²) in [4.78, 5) is 13.5. The Morgan fingerprint density at radius 3 is 2.87 bits per heavy atom. The summed E-state index contributed by atoms with van der Waals surface area (Å²) in [6.45, 7) is 6.87. The number of aliphatic hydroxyl groups is 1. The van der Waals surface area contributed by atoms with Crippen molar-refractivity contribution < 1.29 is 9.90 Å². The molecule has 0 bridgehead atoms. The van der Waals surface area contributed by atoms with Gasteiger partial charge in [0.05, 0.1) is 6.10 Å². The zero-order chi connectivity index (χ0) is 11.3. The van der Waals surface area contributed by atoms with Gasteiger partial charge in [0, 0.05) is 19.4 Å². The second-order valence-electron chi connectivity index (χ2n) is 4.59. The van der Waals surface area contributed by atoms with Crippen molar-refractivity contribution in [3.05, 3.63) is 0 Å². The van der Waals surface area contributed by atoms with Gasteiger partial charge >= 0.3 is 0 Å². The van der Waals surface area contributed by atoms with E-state index in [1.165, 1.54) is 0 Å². The Morgan fingerprint density at radius 2 is 2.33 bits per heavy atom. The maximum Gasteiger partial charge on any atom is 0.132 e. The quantitative estimate of drug-likeness (QED) is 0.726. The molecule has 0 radical (unpaired) electrons. The highest BCUT2D eigenvalue weighted by molar-refractivity contribution is 5.77. The zero-order valence-electron chi connectivity index (χ0n) is 9.91. The molecule has 0 saturated carbocycles. The molecule has 1 aliphatic rings. The number of hydrogen-bond acceptors (Lipinski definition) is 3. The Morgan fingerprint density at radius 1 is 1.60 bits per heavy atom. The predicted octanol–water partition coefficient (Wildman–Crippen LogP) is 1.45. The maximum atomic E-state index is 11.1. The summed E-state index contributed by atoms with van der Waals surface area (Å²) in [5.74, 6) is 0.799. The molecule has 88 valence electrons. The van der Waals surface area contributed by atoms with Gasteiger partial charge in [-0.05, 0) is 38.8 Å². The minimum atomic E-state index is -0.188. The van der Waals surface area contributed by atoms with Gasteiger partial charge in [0.1, 0.15) is 5.78 Å². The maximum absolute atomic E-state index is 11.1. The van der Waals surface area contributed by atoms with Crippen LogP contribution in [0.3, 0.4) is 0 Å². The molecule has 2 atom stereocenters. The molecule has 1 fully saturated rings. The molecule has 2 unspecified atom stereocenters. The van der Waals surface area contributed by atoms with Crippen LogP contribution in [-0.4, -0.2) is 41.5 Å². The molecule has 0 amide bonds. The fourth-order valence-electron chi connectivity index (χ4n) is 2.14. The molecular weight excluding hydrogens is 190 g/mol. The van der Waals surface area contributed by atoms with Gasteiger partial charge in [-0.3, -0.25) is 4.79 Å². The molecule has 15 heavy (non-hydrogen) atoms. The lowest BCUT2D eigenvalue weighted by molar-refractivity contribution is -0.118. The second kappa shape index (κ2) is 6.23. The fraction of sp³-hybridized carbons (Fsp3) is 0.917. The summed E-state index contributed by atoms with van der Waals surface area (Å²) in [5, 5.41) is 9.44. The third kappa shape index (κ3) is 4.31. The molecule has 1 N–H and O–H groups in total. The third-order valence-corrected chi connectivity index (χ3v) is 3.32. The van der Waals surface area contributed by atoms with Crippen molar-refractivity contribution in [2.75, 3.05) is 19.6 Å². The summed E-state index contributed by atoms with van der Waals surface area (Å²) in [6, 6.07) is 0. The van der Waals surface area contributed by atoms with Crippen molar-refractivity contribution in [2.45, 2.75) is 45.6 Å². The first-order valence-corrected chi connectivity index (χ1v) is 6.05. The number of carbonyl (C=O) groups is 1. The summed E-state index contributed by atoms with van der Waals surface area (Å²) in [7, 11) is 0. The smallest absolute Gasteiger partial charge is 0.132 e. The van der Waals surface area contributed by atoms with Crippen LogP contribution in [0.5, 0.6) is 0 Å². The summed E-state index contributed by atoms with van der Waals surface area (Å²) in [6.07, 6.45) is 3.26. The average Bonchev–Trinajstić information content (AvgIpc) is 2.66. The van der Waals surface area contributed by atoms with Gasteiger partial charge < -0.3 is 10.0 Å². The van der Waals surface area contributed by atoms with E-state index in [9.17, 15) is 9.90 Å². The number of rotatable bonds is 6. The molecule has 0 spiro atoms. The molecule has 0 aromatic carbocycles. The third-order valence-electron chi connectivity index (χ3n) is 3.32. The Balaban J connectivity index is 2.11. The monoisotopic (exact) mass is 213 g/mol. The Bertz CT molecular complexity index is 204. The summed E-state index contributed by atoms with van der Waals surface area (Å²) >= 11 is 0. The first kappa shape index (κ1) is 12.7. The first-order valence-electron chi connectivity index (χ1n) is 6.05. The van der Waals surface area contributed by atoms with Crippen LogP contribution in [0.2, 0.25) is 0 Å². The number of Topliss-reactive ketones (excluding diaryl/α,β-unsaturated/α-hetero) is 1. The number of likely N-dealkylation sites (tertiary alicyclic amines) is 1. The molecule has 1 rings (SSSR count). The Hall–Kier alpha value is -0.410. The topological polar surface area (TPSA) is 40.5 Å². The summed E-state index contributed by atoms with van der Waals surface area (Å²) in [5.41, 5.74) is 0. The van der Waals surface area contributed by atoms with Crippen molar-refractivity contribution in [3.63, 3.8) is 0 Å². The molecule has 0 aromatic rings. The molecular formula is C12H23NO2. The highest BCUT2D eigenvalue weighted by Gasteiger charge is 2.25.